The summed E-state index contributed by atoms with van der Waals surface area (Å²) in [6, 6.07) is 10.6. The van der Waals surface area contributed by atoms with Gasteiger partial charge in [0.25, 0.3) is 0 Å². The molecule has 1 aliphatic rings. The van der Waals surface area contributed by atoms with Crippen LogP contribution in [-0.2, 0) is 4.79 Å². The van der Waals surface area contributed by atoms with Crippen LogP contribution in [0.4, 0.5) is 0 Å². The Labute approximate surface area is 171 Å². The molecular weight excluding hydrogens is 450 g/mol. The number of halogens is 1. The van der Waals surface area contributed by atoms with Crippen molar-refractivity contribution in [2.45, 2.75) is 13.0 Å². The van der Waals surface area contributed by atoms with Gasteiger partial charge in [-0.2, -0.15) is 0 Å². The van der Waals surface area contributed by atoms with Crippen molar-refractivity contribution in [3.63, 3.8) is 0 Å². The molecule has 0 saturated heterocycles. The van der Waals surface area contributed by atoms with Crippen molar-refractivity contribution in [2.75, 3.05) is 0 Å². The van der Waals surface area contributed by atoms with Gasteiger partial charge in [-0.15, -0.1) is 11.3 Å². The third-order valence-corrected chi connectivity index (χ3v) is 6.45. The van der Waals surface area contributed by atoms with Crippen LogP contribution in [0.2, 0.25) is 0 Å². The zero-order valence-electron chi connectivity index (χ0n) is 14.0. The number of carbonyl (C=O) groups is 1. The second kappa shape index (κ2) is 6.78. The Kier molecular flexibility index (Phi) is 4.57. The van der Waals surface area contributed by atoms with Gasteiger partial charge in [-0.1, -0.05) is 35.0 Å². The van der Waals surface area contributed by atoms with Crippen molar-refractivity contribution in [3.8, 4) is 11.3 Å². The first-order valence-electron chi connectivity index (χ1n) is 8.11. The summed E-state index contributed by atoms with van der Waals surface area (Å²) in [6.07, 6.45) is 1.78. The number of benzene rings is 1. The van der Waals surface area contributed by atoms with Gasteiger partial charge in [-0.3, -0.25) is 0 Å². The van der Waals surface area contributed by atoms with Gasteiger partial charge >= 0.3 is 5.97 Å². The largest absolute Gasteiger partial charge is 0.510 e. The molecule has 0 fully saturated rings. The molecule has 1 aliphatic heterocycles. The number of aromatic nitrogens is 1. The average molecular weight is 464 g/mol. The van der Waals surface area contributed by atoms with E-state index >= 15 is 0 Å². The van der Waals surface area contributed by atoms with Crippen LogP contribution in [0.1, 0.15) is 18.7 Å². The highest BCUT2D eigenvalue weighted by Gasteiger charge is 2.37. The number of fused-ring (bicyclic) bond motifs is 1. The molecule has 0 spiro atoms. The number of aliphatic carboxylic acids is 1. The SMILES string of the molecule is CC1C(O)=c2/c(=C/c3ccc(-c4ccc(Br)cc4)o3)sc(=S)n2C1C(=O)O. The summed E-state index contributed by atoms with van der Waals surface area (Å²) in [6.45, 7) is 1.68. The summed E-state index contributed by atoms with van der Waals surface area (Å²) >= 11 is 10.0. The van der Waals surface area contributed by atoms with Crippen LogP contribution in [0.5, 0.6) is 0 Å². The standard InChI is InChI=1S/C19H14BrNO4S2/c1-9-15(18(23)24)21-16(17(9)22)14(27-19(21)26)8-12-6-7-13(25-12)10-2-4-11(20)5-3-10/h2-9,15,22H,1H3,(H,23,24)/b14-8-. The maximum absolute atomic E-state index is 11.6. The fourth-order valence-electron chi connectivity index (χ4n) is 3.24. The minimum absolute atomic E-state index is 0.0423. The lowest BCUT2D eigenvalue weighted by molar-refractivity contribution is -0.141. The number of hydrogen-bond acceptors (Lipinski definition) is 5. The van der Waals surface area contributed by atoms with E-state index in [0.29, 0.717) is 19.6 Å². The van der Waals surface area contributed by atoms with Gasteiger partial charge in [0.2, 0.25) is 0 Å². The number of aliphatic hydroxyl groups excluding tert-OH is 1. The maximum atomic E-state index is 11.6. The zero-order valence-corrected chi connectivity index (χ0v) is 17.3. The van der Waals surface area contributed by atoms with Gasteiger partial charge < -0.3 is 19.2 Å². The number of thiazole rings is 1. The van der Waals surface area contributed by atoms with E-state index in [-0.39, 0.29) is 5.76 Å². The fourth-order valence-corrected chi connectivity index (χ4v) is 4.95. The molecule has 138 valence electrons. The molecule has 2 unspecified atom stereocenters. The molecule has 0 aliphatic carbocycles. The van der Waals surface area contributed by atoms with E-state index in [9.17, 15) is 15.0 Å². The third kappa shape index (κ3) is 3.07. The number of hydrogen-bond donors (Lipinski definition) is 2. The minimum atomic E-state index is -1.01. The second-order valence-corrected chi connectivity index (χ2v) is 8.85. The van der Waals surface area contributed by atoms with Gasteiger partial charge in [0.1, 0.15) is 23.3 Å². The Morgan fingerprint density at radius 2 is 2.00 bits per heavy atom. The molecule has 1 aromatic carbocycles. The van der Waals surface area contributed by atoms with E-state index in [1.807, 2.05) is 36.4 Å². The number of carboxylic acid groups (broad SMARTS) is 1. The van der Waals surface area contributed by atoms with Crippen molar-refractivity contribution >= 4 is 57.3 Å². The minimum Gasteiger partial charge on any atom is -0.510 e. The highest BCUT2D eigenvalue weighted by atomic mass is 79.9. The van der Waals surface area contributed by atoms with E-state index in [0.717, 1.165) is 15.8 Å². The molecule has 27 heavy (non-hydrogen) atoms. The van der Waals surface area contributed by atoms with Crippen LogP contribution in [0, 0.1) is 9.87 Å². The monoisotopic (exact) mass is 463 g/mol. The van der Waals surface area contributed by atoms with E-state index in [1.54, 1.807) is 13.0 Å². The van der Waals surface area contributed by atoms with Gasteiger partial charge in [-0.25, -0.2) is 4.79 Å². The molecule has 2 atom stereocenters. The predicted octanol–water partition coefficient (Wildman–Crippen LogP) is 4.07. The quantitative estimate of drug-likeness (QED) is 0.572. The normalized spacial score (nSPS) is 19.5. The first-order valence-corrected chi connectivity index (χ1v) is 10.1. The molecule has 2 aromatic heterocycles. The lowest BCUT2D eigenvalue weighted by Gasteiger charge is -2.13. The fraction of sp³-hybridized carbons (Fsp3) is 0.158. The van der Waals surface area contributed by atoms with E-state index in [4.69, 9.17) is 16.6 Å². The highest BCUT2D eigenvalue weighted by molar-refractivity contribution is 9.10. The third-order valence-electron chi connectivity index (χ3n) is 4.58. The first kappa shape index (κ1) is 18.2. The Hall–Kier alpha value is -2.16. The van der Waals surface area contributed by atoms with Gasteiger partial charge in [-0.05, 0) is 36.5 Å². The number of rotatable bonds is 3. The molecule has 5 nitrogen and oxygen atoms in total. The Morgan fingerprint density at radius 1 is 1.30 bits per heavy atom. The summed E-state index contributed by atoms with van der Waals surface area (Å²) in [5.41, 5.74) is 0.946. The Balaban J connectivity index is 1.83. The van der Waals surface area contributed by atoms with Crippen LogP contribution in [-0.4, -0.2) is 20.7 Å². The van der Waals surface area contributed by atoms with Gasteiger partial charge in [0.15, 0.2) is 3.95 Å². The maximum Gasteiger partial charge on any atom is 0.327 e. The molecule has 3 aromatic rings. The van der Waals surface area contributed by atoms with Crippen molar-refractivity contribution in [2.24, 2.45) is 5.92 Å². The summed E-state index contributed by atoms with van der Waals surface area (Å²) in [4.78, 5) is 11.6. The predicted molar refractivity (Wildman–Crippen MR) is 110 cm³/mol. The Bertz CT molecular complexity index is 1220. The highest BCUT2D eigenvalue weighted by Crippen LogP contribution is 2.29. The molecule has 2 N–H and O–H groups in total. The second-order valence-electron chi connectivity index (χ2n) is 6.26. The lowest BCUT2D eigenvalue weighted by atomic mass is 10.0. The van der Waals surface area contributed by atoms with Crippen LogP contribution >= 0.6 is 39.5 Å². The first-order chi connectivity index (χ1) is 12.9. The lowest BCUT2D eigenvalue weighted by Crippen LogP contribution is -2.30. The van der Waals surface area contributed by atoms with Crippen molar-refractivity contribution in [1.29, 1.82) is 0 Å². The average Bonchev–Trinajstić information content (AvgIpc) is 3.27. The van der Waals surface area contributed by atoms with Crippen LogP contribution in [0.3, 0.4) is 0 Å². The number of furan rings is 1. The molecule has 0 saturated carbocycles. The topological polar surface area (TPSA) is 75.6 Å². The van der Waals surface area contributed by atoms with Crippen LogP contribution < -0.4 is 9.88 Å². The summed E-state index contributed by atoms with van der Waals surface area (Å²) < 4.78 is 9.51. The van der Waals surface area contributed by atoms with E-state index < -0.39 is 17.9 Å². The number of aliphatic hydroxyl groups is 1. The summed E-state index contributed by atoms with van der Waals surface area (Å²) in [5, 5.41) is 20.5. The molecule has 3 heterocycles. The Morgan fingerprint density at radius 3 is 2.67 bits per heavy atom. The summed E-state index contributed by atoms with van der Waals surface area (Å²) in [5.74, 6) is -0.177. The molecule has 0 amide bonds. The molecule has 8 heteroatoms. The van der Waals surface area contributed by atoms with Gasteiger partial charge in [0, 0.05) is 22.0 Å². The van der Waals surface area contributed by atoms with Gasteiger partial charge in [0.05, 0.1) is 9.88 Å². The van der Waals surface area contributed by atoms with Crippen molar-refractivity contribution in [3.05, 3.63) is 60.5 Å². The molecular formula is C19H14BrNO4S2. The van der Waals surface area contributed by atoms with Crippen molar-refractivity contribution < 1.29 is 19.4 Å². The van der Waals surface area contributed by atoms with E-state index in [1.165, 1.54) is 15.9 Å². The number of nitrogens with zero attached hydrogens (tertiary/aromatic N) is 1. The number of carboxylic acids is 1. The molecule has 4 rings (SSSR count). The van der Waals surface area contributed by atoms with E-state index in [2.05, 4.69) is 15.9 Å². The zero-order chi connectivity index (χ0) is 19.3. The smallest absolute Gasteiger partial charge is 0.327 e. The molecule has 0 bridgehead atoms. The molecule has 0 radical (unpaired) electrons. The van der Waals surface area contributed by atoms with Crippen LogP contribution in [0.25, 0.3) is 23.2 Å². The summed E-state index contributed by atoms with van der Waals surface area (Å²) in [7, 11) is 0. The van der Waals surface area contributed by atoms with Crippen LogP contribution in [0.15, 0.2) is 45.3 Å². The van der Waals surface area contributed by atoms with Crippen molar-refractivity contribution in [1.82, 2.24) is 4.57 Å².